The van der Waals surface area contributed by atoms with Crippen LogP contribution in [0.4, 0.5) is 0 Å². The van der Waals surface area contributed by atoms with Gasteiger partial charge in [0.25, 0.3) is 0 Å². The molecule has 0 aliphatic heterocycles. The second-order valence-corrected chi connectivity index (χ2v) is 6.44. The molecule has 0 unspecified atom stereocenters. The maximum Gasteiger partial charge on any atom is 0.201 e. The predicted molar refractivity (Wildman–Crippen MR) is 93.6 cm³/mol. The molecule has 3 aromatic rings. The molecule has 0 saturated carbocycles. The van der Waals surface area contributed by atoms with Crippen LogP contribution in [0.3, 0.4) is 0 Å². The Morgan fingerprint density at radius 3 is 2.22 bits per heavy atom. The lowest BCUT2D eigenvalue weighted by atomic mass is 9.82. The third-order valence-electron chi connectivity index (χ3n) is 4.59. The molecule has 2 N–H and O–H groups in total. The van der Waals surface area contributed by atoms with E-state index >= 15 is 0 Å². The summed E-state index contributed by atoms with van der Waals surface area (Å²) in [6.45, 7) is 2.45. The lowest BCUT2D eigenvalue weighted by Gasteiger charge is -2.19. The van der Waals surface area contributed by atoms with Crippen molar-refractivity contribution in [1.82, 2.24) is 0 Å². The van der Waals surface area contributed by atoms with Gasteiger partial charge in [0.05, 0.1) is 11.1 Å². The number of carbonyl (C=O) groups excluding carboxylic acids is 2. The lowest BCUT2D eigenvalue weighted by Crippen LogP contribution is -3.00. The van der Waals surface area contributed by atoms with Crippen molar-refractivity contribution in [2.75, 3.05) is 0 Å². The molecule has 1 aliphatic rings. The number of benzene rings is 2. The Balaban J connectivity index is 0.00000210. The van der Waals surface area contributed by atoms with Gasteiger partial charge in [-0.2, -0.15) is 0 Å². The summed E-state index contributed by atoms with van der Waals surface area (Å²) >= 11 is 0. The van der Waals surface area contributed by atoms with Crippen LogP contribution in [-0.2, 0) is 6.54 Å². The number of aromatic nitrogens is 1. The van der Waals surface area contributed by atoms with Crippen molar-refractivity contribution in [1.29, 1.82) is 0 Å². The number of pyridine rings is 1. The van der Waals surface area contributed by atoms with Crippen LogP contribution in [0, 0.1) is 6.92 Å². The van der Waals surface area contributed by atoms with Crippen molar-refractivity contribution in [2.24, 2.45) is 0 Å². The number of hydrogen-bond donors (Lipinski definition) is 2. The molecule has 1 aromatic heterocycles. The summed E-state index contributed by atoms with van der Waals surface area (Å²) in [5.41, 5.74) is 2.05. The summed E-state index contributed by atoms with van der Waals surface area (Å²) in [7, 11) is 0. The van der Waals surface area contributed by atoms with E-state index in [1.165, 1.54) is 24.3 Å². The van der Waals surface area contributed by atoms with E-state index in [4.69, 9.17) is 0 Å². The third-order valence-corrected chi connectivity index (χ3v) is 4.59. The fourth-order valence-electron chi connectivity index (χ4n) is 3.28. The first-order valence-electron chi connectivity index (χ1n) is 8.18. The van der Waals surface area contributed by atoms with E-state index in [0.717, 1.165) is 5.56 Å². The number of halogens is 1. The van der Waals surface area contributed by atoms with Crippen LogP contribution >= 0.6 is 0 Å². The fraction of sp³-hybridized carbons (Fsp3) is 0.0952. The molecule has 2 aromatic carbocycles. The Labute approximate surface area is 166 Å². The highest BCUT2D eigenvalue weighted by Gasteiger charge is 2.34. The minimum Gasteiger partial charge on any atom is -1.00 e. The summed E-state index contributed by atoms with van der Waals surface area (Å²) < 4.78 is 1.92. The quantitative estimate of drug-likeness (QED) is 0.425. The summed E-state index contributed by atoms with van der Waals surface area (Å²) in [6, 6.07) is 11.4. The second kappa shape index (κ2) is 6.96. The van der Waals surface area contributed by atoms with Gasteiger partial charge in [-0.25, -0.2) is 4.57 Å². The number of carbonyl (C=O) groups is 2. The number of ketones is 2. The highest BCUT2D eigenvalue weighted by atomic mass is 79.9. The molecular weight excluding hydrogens is 410 g/mol. The zero-order chi connectivity index (χ0) is 18.4. The van der Waals surface area contributed by atoms with Crippen LogP contribution in [0.2, 0.25) is 0 Å². The molecule has 0 saturated heterocycles. The van der Waals surface area contributed by atoms with E-state index in [9.17, 15) is 19.8 Å². The molecule has 6 heteroatoms. The largest absolute Gasteiger partial charge is 1.00 e. The molecular formula is C21H16BrNO4. The van der Waals surface area contributed by atoms with Crippen molar-refractivity contribution >= 4 is 11.6 Å². The molecule has 0 bridgehead atoms. The molecule has 0 radical (unpaired) electrons. The van der Waals surface area contributed by atoms with Crippen LogP contribution in [0.15, 0.2) is 54.9 Å². The molecule has 1 heterocycles. The van der Waals surface area contributed by atoms with Crippen LogP contribution in [0.25, 0.3) is 0 Å². The fourth-order valence-corrected chi connectivity index (χ4v) is 3.28. The Morgan fingerprint density at radius 1 is 0.852 bits per heavy atom. The molecule has 1 aliphatic carbocycles. The maximum atomic E-state index is 12.8. The number of aromatic hydroxyl groups is 2. The molecule has 0 fully saturated rings. The van der Waals surface area contributed by atoms with Gasteiger partial charge in [-0.05, 0) is 30.7 Å². The molecule has 0 amide bonds. The van der Waals surface area contributed by atoms with Gasteiger partial charge in [-0.1, -0.05) is 12.1 Å². The Hall–Kier alpha value is -2.99. The van der Waals surface area contributed by atoms with E-state index in [0.29, 0.717) is 12.1 Å². The van der Waals surface area contributed by atoms with Crippen LogP contribution in [-0.4, -0.2) is 21.8 Å². The Morgan fingerprint density at radius 2 is 1.52 bits per heavy atom. The van der Waals surface area contributed by atoms with Gasteiger partial charge < -0.3 is 27.2 Å². The van der Waals surface area contributed by atoms with Crippen molar-refractivity contribution < 1.29 is 41.4 Å². The first-order chi connectivity index (χ1) is 12.5. The number of fused-ring (bicyclic) bond motifs is 2. The van der Waals surface area contributed by atoms with E-state index < -0.39 is 5.78 Å². The molecule has 27 heavy (non-hydrogen) atoms. The van der Waals surface area contributed by atoms with E-state index in [1.54, 1.807) is 6.07 Å². The number of phenolic OH excluding ortho intramolecular Hbond substituents is 2. The maximum absolute atomic E-state index is 12.8. The molecule has 0 spiro atoms. The van der Waals surface area contributed by atoms with Crippen LogP contribution < -0.4 is 21.5 Å². The highest BCUT2D eigenvalue weighted by Crippen LogP contribution is 2.37. The van der Waals surface area contributed by atoms with Gasteiger partial charge >= 0.3 is 0 Å². The van der Waals surface area contributed by atoms with E-state index in [2.05, 4.69) is 0 Å². The van der Waals surface area contributed by atoms with Gasteiger partial charge in [-0.15, -0.1) is 0 Å². The molecule has 136 valence electrons. The number of aryl methyl sites for hydroxylation is 1. The summed E-state index contributed by atoms with van der Waals surface area (Å²) in [5, 5.41) is 20.4. The summed E-state index contributed by atoms with van der Waals surface area (Å²) in [6.07, 6.45) is 3.82. The van der Waals surface area contributed by atoms with Gasteiger partial charge in [-0.3, -0.25) is 9.59 Å². The number of rotatable bonds is 2. The minimum atomic E-state index is -0.542. The lowest BCUT2D eigenvalue weighted by molar-refractivity contribution is -0.688. The Bertz CT molecular complexity index is 1070. The summed E-state index contributed by atoms with van der Waals surface area (Å²) in [4.78, 5) is 25.6. The van der Waals surface area contributed by atoms with Crippen LogP contribution in [0.5, 0.6) is 11.5 Å². The SMILES string of the molecule is Cc1cc[n+](Cc2cc(O)c3c(c2)C(=O)c2cccc(O)c2C3=O)cc1.[Br-]. The summed E-state index contributed by atoms with van der Waals surface area (Å²) in [5.74, 6) is -1.43. The molecule has 5 nitrogen and oxygen atoms in total. The smallest absolute Gasteiger partial charge is 0.201 e. The van der Waals surface area contributed by atoms with Crippen molar-refractivity contribution in [3.05, 3.63) is 88.2 Å². The number of hydrogen-bond acceptors (Lipinski definition) is 4. The first kappa shape index (κ1) is 18.8. The zero-order valence-electron chi connectivity index (χ0n) is 14.4. The van der Waals surface area contributed by atoms with Crippen molar-refractivity contribution in [3.8, 4) is 11.5 Å². The average molecular weight is 426 g/mol. The predicted octanol–water partition coefficient (Wildman–Crippen LogP) is -0.479. The molecule has 4 rings (SSSR count). The van der Waals surface area contributed by atoms with Gasteiger partial charge in [0.2, 0.25) is 5.78 Å². The zero-order valence-corrected chi connectivity index (χ0v) is 16.0. The van der Waals surface area contributed by atoms with Gasteiger partial charge in [0.1, 0.15) is 11.5 Å². The van der Waals surface area contributed by atoms with Crippen LogP contribution in [0.1, 0.15) is 43.0 Å². The standard InChI is InChI=1S/C21H15NO4.BrH/c1-12-5-7-22(8-6-12)11-13-9-15-19(17(24)10-13)21(26)18-14(20(15)25)3-2-4-16(18)23;/h2-10H,11H2,1H3,(H-,23,24,26);1H. The Kier molecular flexibility index (Phi) is 4.85. The topological polar surface area (TPSA) is 78.5 Å². The van der Waals surface area contributed by atoms with E-state index in [1.807, 2.05) is 36.0 Å². The number of phenols is 2. The van der Waals surface area contributed by atoms with Gasteiger partial charge in [0.15, 0.2) is 24.7 Å². The second-order valence-electron chi connectivity index (χ2n) is 6.44. The number of nitrogens with zero attached hydrogens (tertiary/aromatic N) is 1. The first-order valence-corrected chi connectivity index (χ1v) is 8.18. The average Bonchev–Trinajstić information content (AvgIpc) is 2.61. The third kappa shape index (κ3) is 3.13. The normalized spacial score (nSPS) is 12.2. The monoisotopic (exact) mass is 425 g/mol. The highest BCUT2D eigenvalue weighted by molar-refractivity contribution is 6.30. The van der Waals surface area contributed by atoms with Crippen molar-refractivity contribution in [2.45, 2.75) is 13.5 Å². The van der Waals surface area contributed by atoms with Gasteiger partial charge in [0, 0.05) is 28.8 Å². The minimum absolute atomic E-state index is 0. The van der Waals surface area contributed by atoms with E-state index in [-0.39, 0.29) is 56.5 Å². The van der Waals surface area contributed by atoms with Crippen molar-refractivity contribution in [3.63, 3.8) is 0 Å². The molecule has 0 atom stereocenters.